The Labute approximate surface area is 183 Å². The number of carbonyl (C=O) groups excluding carboxylic acids is 1. The standard InChI is InChI=1S/C27H27NO3/c1-3-9-25(27(30)31-2)24-13-5-4-11-23(24)12-8-10-21-15-17-22(18-16-21)20-28-19-7-6-14-26(28)29/h3-7,9,11,13-19H,1,8,10,12,20H2,2H3/b25-9+. The summed E-state index contributed by atoms with van der Waals surface area (Å²) in [5.74, 6) is -0.361. The van der Waals surface area contributed by atoms with E-state index in [4.69, 9.17) is 4.74 Å². The molecule has 0 saturated carbocycles. The van der Waals surface area contributed by atoms with Gasteiger partial charge in [-0.3, -0.25) is 4.79 Å². The molecule has 0 amide bonds. The molecule has 0 aliphatic carbocycles. The Morgan fingerprint density at radius 3 is 2.39 bits per heavy atom. The van der Waals surface area contributed by atoms with E-state index in [1.54, 1.807) is 35.0 Å². The SMILES string of the molecule is C=C/C=C(/C(=O)OC)c1ccccc1CCCc1ccc(Cn2ccccc2=O)cc1. The van der Waals surface area contributed by atoms with Crippen LogP contribution in [0.25, 0.3) is 5.57 Å². The first kappa shape index (κ1) is 22.0. The molecule has 0 aliphatic rings. The molecule has 0 atom stereocenters. The van der Waals surface area contributed by atoms with E-state index in [-0.39, 0.29) is 11.5 Å². The van der Waals surface area contributed by atoms with Crippen LogP contribution in [0.2, 0.25) is 0 Å². The predicted molar refractivity (Wildman–Crippen MR) is 125 cm³/mol. The predicted octanol–water partition coefficient (Wildman–Crippen LogP) is 4.81. The van der Waals surface area contributed by atoms with E-state index in [1.165, 1.54) is 12.7 Å². The molecule has 1 aromatic heterocycles. The van der Waals surface area contributed by atoms with Gasteiger partial charge < -0.3 is 9.30 Å². The number of pyridine rings is 1. The number of methoxy groups -OCH3 is 1. The van der Waals surface area contributed by atoms with Crippen LogP contribution in [0.3, 0.4) is 0 Å². The smallest absolute Gasteiger partial charge is 0.338 e. The van der Waals surface area contributed by atoms with Gasteiger partial charge in [-0.15, -0.1) is 0 Å². The Balaban J connectivity index is 1.64. The first-order chi connectivity index (χ1) is 15.1. The summed E-state index contributed by atoms with van der Waals surface area (Å²) in [6.45, 7) is 4.28. The lowest BCUT2D eigenvalue weighted by Gasteiger charge is -2.12. The minimum atomic E-state index is -0.361. The molecule has 31 heavy (non-hydrogen) atoms. The molecule has 0 fully saturated rings. The number of hydrogen-bond donors (Lipinski definition) is 0. The van der Waals surface area contributed by atoms with Gasteiger partial charge in [0.15, 0.2) is 0 Å². The molecule has 0 aliphatic heterocycles. The highest BCUT2D eigenvalue weighted by atomic mass is 16.5. The van der Waals surface area contributed by atoms with Gasteiger partial charge >= 0.3 is 5.97 Å². The van der Waals surface area contributed by atoms with Gasteiger partial charge in [-0.25, -0.2) is 4.79 Å². The van der Waals surface area contributed by atoms with Crippen LogP contribution in [0.15, 0.2) is 96.5 Å². The number of aryl methyl sites for hydroxylation is 2. The molecule has 0 bridgehead atoms. The third-order valence-electron chi connectivity index (χ3n) is 5.18. The Hall–Kier alpha value is -3.66. The van der Waals surface area contributed by atoms with Crippen molar-refractivity contribution in [3.8, 4) is 0 Å². The fourth-order valence-corrected chi connectivity index (χ4v) is 3.58. The van der Waals surface area contributed by atoms with Crippen LogP contribution in [-0.4, -0.2) is 17.6 Å². The minimum absolute atomic E-state index is 0.00192. The molecule has 0 radical (unpaired) electrons. The van der Waals surface area contributed by atoms with Crippen LogP contribution in [0.4, 0.5) is 0 Å². The second-order valence-electron chi connectivity index (χ2n) is 7.30. The van der Waals surface area contributed by atoms with Crippen LogP contribution in [-0.2, 0) is 28.9 Å². The van der Waals surface area contributed by atoms with Gasteiger partial charge in [0.2, 0.25) is 0 Å². The molecule has 158 valence electrons. The van der Waals surface area contributed by atoms with Crippen molar-refractivity contribution in [2.24, 2.45) is 0 Å². The monoisotopic (exact) mass is 413 g/mol. The fraction of sp³-hybridized carbons (Fsp3) is 0.185. The van der Waals surface area contributed by atoms with Crippen LogP contribution >= 0.6 is 0 Å². The van der Waals surface area contributed by atoms with Gasteiger partial charge in [-0.1, -0.05) is 67.3 Å². The Kier molecular flexibility index (Phi) is 7.77. The van der Waals surface area contributed by atoms with Gasteiger partial charge in [0.25, 0.3) is 5.56 Å². The van der Waals surface area contributed by atoms with Gasteiger partial charge in [-0.2, -0.15) is 0 Å². The van der Waals surface area contributed by atoms with Crippen LogP contribution < -0.4 is 5.56 Å². The summed E-state index contributed by atoms with van der Waals surface area (Å²) in [5, 5.41) is 0. The van der Waals surface area contributed by atoms with Crippen LogP contribution in [0.5, 0.6) is 0 Å². The molecular weight excluding hydrogens is 386 g/mol. The van der Waals surface area contributed by atoms with E-state index in [9.17, 15) is 9.59 Å². The molecule has 0 unspecified atom stereocenters. The van der Waals surface area contributed by atoms with Crippen LogP contribution in [0.1, 0.15) is 28.7 Å². The molecule has 3 aromatic rings. The number of hydrogen-bond acceptors (Lipinski definition) is 3. The van der Waals surface area contributed by atoms with E-state index < -0.39 is 0 Å². The van der Waals surface area contributed by atoms with Gasteiger partial charge in [0.05, 0.1) is 19.2 Å². The average molecular weight is 414 g/mol. The number of carbonyl (C=O) groups is 1. The highest BCUT2D eigenvalue weighted by Gasteiger charge is 2.14. The molecule has 4 nitrogen and oxygen atoms in total. The first-order valence-electron chi connectivity index (χ1n) is 10.3. The molecule has 2 aromatic carbocycles. The number of ether oxygens (including phenoxy) is 1. The molecule has 1 heterocycles. The molecule has 4 heteroatoms. The van der Waals surface area contributed by atoms with E-state index >= 15 is 0 Å². The highest BCUT2D eigenvalue weighted by molar-refractivity contribution is 6.17. The summed E-state index contributed by atoms with van der Waals surface area (Å²) in [5.41, 5.74) is 4.87. The largest absolute Gasteiger partial charge is 0.465 e. The maximum atomic E-state index is 12.2. The summed E-state index contributed by atoms with van der Waals surface area (Å²) in [7, 11) is 1.39. The molecule has 0 N–H and O–H groups in total. The Morgan fingerprint density at radius 2 is 1.68 bits per heavy atom. The second kappa shape index (κ2) is 10.9. The van der Waals surface area contributed by atoms with E-state index in [2.05, 4.69) is 36.9 Å². The van der Waals surface area contributed by atoms with E-state index in [1.807, 2.05) is 24.3 Å². The summed E-state index contributed by atoms with van der Waals surface area (Å²) in [6.07, 6.45) is 7.84. The van der Waals surface area contributed by atoms with Crippen molar-refractivity contribution >= 4 is 11.5 Å². The summed E-state index contributed by atoms with van der Waals surface area (Å²) in [6, 6.07) is 21.5. The zero-order valence-electron chi connectivity index (χ0n) is 17.8. The molecule has 0 saturated heterocycles. The van der Waals surface area contributed by atoms with Crippen LogP contribution in [0, 0.1) is 0 Å². The fourth-order valence-electron chi connectivity index (χ4n) is 3.58. The molecule has 0 spiro atoms. The lowest BCUT2D eigenvalue weighted by molar-refractivity contribution is -0.133. The highest BCUT2D eigenvalue weighted by Crippen LogP contribution is 2.23. The molecule has 3 rings (SSSR count). The van der Waals surface area contributed by atoms with Crippen molar-refractivity contribution in [1.29, 1.82) is 0 Å². The van der Waals surface area contributed by atoms with Crippen molar-refractivity contribution in [2.75, 3.05) is 7.11 Å². The van der Waals surface area contributed by atoms with E-state index in [0.717, 1.165) is 36.0 Å². The topological polar surface area (TPSA) is 48.3 Å². The number of rotatable bonds is 9. The lowest BCUT2D eigenvalue weighted by Crippen LogP contribution is -2.18. The number of nitrogens with zero attached hydrogens (tertiary/aromatic N) is 1. The number of benzene rings is 2. The zero-order valence-corrected chi connectivity index (χ0v) is 17.8. The summed E-state index contributed by atoms with van der Waals surface area (Å²) < 4.78 is 6.63. The Bertz CT molecular complexity index is 1120. The summed E-state index contributed by atoms with van der Waals surface area (Å²) in [4.78, 5) is 24.0. The van der Waals surface area contributed by atoms with Gasteiger partial charge in [0, 0.05) is 12.3 Å². The minimum Gasteiger partial charge on any atom is -0.465 e. The number of esters is 1. The van der Waals surface area contributed by atoms with Gasteiger partial charge in [-0.05, 0) is 53.7 Å². The van der Waals surface area contributed by atoms with Crippen molar-refractivity contribution in [3.63, 3.8) is 0 Å². The second-order valence-corrected chi connectivity index (χ2v) is 7.30. The normalized spacial score (nSPS) is 11.2. The third kappa shape index (κ3) is 5.92. The maximum absolute atomic E-state index is 12.2. The summed E-state index contributed by atoms with van der Waals surface area (Å²) >= 11 is 0. The Morgan fingerprint density at radius 1 is 0.968 bits per heavy atom. The number of aromatic nitrogens is 1. The van der Waals surface area contributed by atoms with E-state index in [0.29, 0.717) is 12.1 Å². The van der Waals surface area contributed by atoms with Gasteiger partial charge in [0.1, 0.15) is 0 Å². The average Bonchev–Trinajstić information content (AvgIpc) is 2.80. The van der Waals surface area contributed by atoms with Crippen molar-refractivity contribution < 1.29 is 9.53 Å². The van der Waals surface area contributed by atoms with Crippen molar-refractivity contribution in [2.45, 2.75) is 25.8 Å². The quantitative estimate of drug-likeness (QED) is 0.287. The third-order valence-corrected chi connectivity index (χ3v) is 5.18. The molecular formula is C27H27NO3. The number of allylic oxidation sites excluding steroid dienone is 2. The first-order valence-corrected chi connectivity index (χ1v) is 10.3. The maximum Gasteiger partial charge on any atom is 0.338 e. The van der Waals surface area contributed by atoms with Crippen molar-refractivity contribution in [3.05, 3.63) is 124 Å². The van der Waals surface area contributed by atoms with Crippen molar-refractivity contribution in [1.82, 2.24) is 4.57 Å². The lowest BCUT2D eigenvalue weighted by atomic mass is 9.94. The zero-order chi connectivity index (χ0) is 22.1.